The highest BCUT2D eigenvalue weighted by molar-refractivity contribution is 6.32. The molecule has 0 radical (unpaired) electrons. The maximum Gasteiger partial charge on any atom is 0.431 e. The number of nitrogens with one attached hydrogen (secondary N) is 1. The van der Waals surface area contributed by atoms with Crippen LogP contribution in [0.25, 0.3) is 5.69 Å². The Kier molecular flexibility index (Phi) is 6.45. The van der Waals surface area contributed by atoms with E-state index < -0.39 is 40.7 Å². The molecule has 0 aliphatic rings. The van der Waals surface area contributed by atoms with Crippen molar-refractivity contribution >= 4 is 17.7 Å². The molecule has 162 valence electrons. The predicted molar refractivity (Wildman–Crippen MR) is 101 cm³/mol. The monoisotopic (exact) mass is 449 g/mol. The Balaban J connectivity index is 2.98. The molecule has 1 heterocycles. The van der Waals surface area contributed by atoms with Crippen molar-refractivity contribution in [2.75, 3.05) is 7.05 Å². The van der Waals surface area contributed by atoms with Crippen molar-refractivity contribution in [2.45, 2.75) is 19.5 Å². The predicted octanol–water partition coefficient (Wildman–Crippen LogP) is 3.18. The molecular formula is C18H16ClF4N3O4. The lowest BCUT2D eigenvalue weighted by atomic mass is 10.0. The number of allylic oxidation sites excluding steroid dienone is 1. The zero-order valence-corrected chi connectivity index (χ0v) is 16.7. The highest BCUT2D eigenvalue weighted by atomic mass is 35.5. The van der Waals surface area contributed by atoms with Crippen molar-refractivity contribution in [3.05, 3.63) is 67.2 Å². The van der Waals surface area contributed by atoms with E-state index in [4.69, 9.17) is 16.3 Å². The lowest BCUT2D eigenvalue weighted by molar-refractivity contribution is -0.144. The van der Waals surface area contributed by atoms with Crippen molar-refractivity contribution in [1.82, 2.24) is 14.5 Å². The number of benzene rings is 1. The number of rotatable bonds is 4. The molecule has 1 N–H and O–H groups in total. The van der Waals surface area contributed by atoms with Crippen molar-refractivity contribution in [3.63, 3.8) is 0 Å². The summed E-state index contributed by atoms with van der Waals surface area (Å²) >= 11 is 5.98. The molecule has 0 spiro atoms. The molecule has 1 amide bonds. The molecule has 12 heteroatoms. The van der Waals surface area contributed by atoms with E-state index in [1.807, 2.05) is 0 Å². The average Bonchev–Trinajstić information content (AvgIpc) is 2.62. The fourth-order valence-electron chi connectivity index (χ4n) is 2.71. The number of ether oxygens (including phenoxy) is 1. The number of amides is 1. The first-order chi connectivity index (χ1) is 13.8. The van der Waals surface area contributed by atoms with Crippen molar-refractivity contribution in [3.8, 4) is 11.4 Å². The minimum Gasteiger partial charge on any atom is -0.408 e. The lowest BCUT2D eigenvalue weighted by Gasteiger charge is -2.19. The molecule has 30 heavy (non-hydrogen) atoms. The first-order valence-electron chi connectivity index (χ1n) is 8.25. The first kappa shape index (κ1) is 23.2. The Morgan fingerprint density at radius 1 is 1.30 bits per heavy atom. The van der Waals surface area contributed by atoms with Crippen LogP contribution in [-0.4, -0.2) is 22.3 Å². The molecule has 0 bridgehead atoms. The minimum absolute atomic E-state index is 0.166. The molecule has 0 atom stereocenters. The average molecular weight is 450 g/mol. The van der Waals surface area contributed by atoms with Crippen LogP contribution in [0.4, 0.5) is 22.4 Å². The van der Waals surface area contributed by atoms with E-state index in [-0.39, 0.29) is 38.0 Å². The summed E-state index contributed by atoms with van der Waals surface area (Å²) in [4.78, 5) is 36.7. The summed E-state index contributed by atoms with van der Waals surface area (Å²) in [5.41, 5.74) is -4.90. The quantitative estimate of drug-likeness (QED) is 0.574. The minimum atomic E-state index is -4.99. The summed E-state index contributed by atoms with van der Waals surface area (Å²) in [6, 6.07) is 0.847. The van der Waals surface area contributed by atoms with Gasteiger partial charge in [0.1, 0.15) is 11.5 Å². The second kappa shape index (κ2) is 8.34. The van der Waals surface area contributed by atoms with Crippen LogP contribution in [0, 0.1) is 5.82 Å². The molecular weight excluding hydrogens is 434 g/mol. The van der Waals surface area contributed by atoms with Crippen LogP contribution in [0.15, 0.2) is 33.9 Å². The summed E-state index contributed by atoms with van der Waals surface area (Å²) in [6.45, 7) is 5.18. The third-order valence-corrected chi connectivity index (χ3v) is 4.25. The smallest absolute Gasteiger partial charge is 0.408 e. The van der Waals surface area contributed by atoms with E-state index in [0.29, 0.717) is 11.6 Å². The molecule has 0 aliphatic heterocycles. The number of hydrogen-bond acceptors (Lipinski definition) is 4. The van der Waals surface area contributed by atoms with Crippen LogP contribution < -0.4 is 21.3 Å². The van der Waals surface area contributed by atoms with Crippen LogP contribution in [0.3, 0.4) is 0 Å². The Labute approximate surface area is 172 Å². The molecule has 0 unspecified atom stereocenters. The van der Waals surface area contributed by atoms with Gasteiger partial charge >= 0.3 is 18.0 Å². The van der Waals surface area contributed by atoms with Crippen LogP contribution in [-0.2, 0) is 19.6 Å². The summed E-state index contributed by atoms with van der Waals surface area (Å²) in [7, 11) is 2.03. The summed E-state index contributed by atoms with van der Waals surface area (Å²) in [5.74, 6) is -1.55. The second-order valence-corrected chi connectivity index (χ2v) is 6.72. The zero-order chi connectivity index (χ0) is 23.0. The number of halogens is 5. The van der Waals surface area contributed by atoms with Crippen LogP contribution in [0.2, 0.25) is 5.02 Å². The van der Waals surface area contributed by atoms with E-state index in [1.54, 1.807) is 0 Å². The van der Waals surface area contributed by atoms with Gasteiger partial charge in [0.25, 0.3) is 5.56 Å². The van der Waals surface area contributed by atoms with Crippen molar-refractivity contribution in [2.24, 2.45) is 7.05 Å². The van der Waals surface area contributed by atoms with Gasteiger partial charge in [-0.25, -0.2) is 18.5 Å². The van der Waals surface area contributed by atoms with Crippen molar-refractivity contribution < 1.29 is 27.1 Å². The topological polar surface area (TPSA) is 82.3 Å². The summed E-state index contributed by atoms with van der Waals surface area (Å²) in [5, 5.41) is 1.80. The molecule has 1 aromatic heterocycles. The number of aromatic nitrogens is 2. The Morgan fingerprint density at radius 2 is 1.90 bits per heavy atom. The molecule has 2 rings (SSSR count). The summed E-state index contributed by atoms with van der Waals surface area (Å²) < 4.78 is 59.6. The van der Waals surface area contributed by atoms with Crippen LogP contribution >= 0.6 is 11.6 Å². The van der Waals surface area contributed by atoms with Gasteiger partial charge < -0.3 is 10.1 Å². The Bertz CT molecular complexity index is 1150. The van der Waals surface area contributed by atoms with E-state index in [1.165, 1.54) is 14.0 Å². The second-order valence-electron chi connectivity index (χ2n) is 6.31. The van der Waals surface area contributed by atoms with E-state index >= 15 is 0 Å². The molecule has 7 nitrogen and oxygen atoms in total. The molecule has 0 saturated carbocycles. The zero-order valence-electron chi connectivity index (χ0n) is 16.0. The fourth-order valence-corrected chi connectivity index (χ4v) is 2.95. The van der Waals surface area contributed by atoms with Gasteiger partial charge in [-0.3, -0.25) is 9.36 Å². The van der Waals surface area contributed by atoms with E-state index in [0.717, 1.165) is 7.05 Å². The van der Waals surface area contributed by atoms with E-state index in [2.05, 4.69) is 11.9 Å². The van der Waals surface area contributed by atoms with Gasteiger partial charge in [-0.15, -0.1) is 0 Å². The first-order valence-corrected chi connectivity index (χ1v) is 8.62. The van der Waals surface area contributed by atoms with Gasteiger partial charge in [0.05, 0.1) is 10.7 Å². The van der Waals surface area contributed by atoms with Gasteiger partial charge in [0.2, 0.25) is 0 Å². The highest BCUT2D eigenvalue weighted by Crippen LogP contribution is 2.36. The van der Waals surface area contributed by atoms with Crippen LogP contribution in [0.1, 0.15) is 18.2 Å². The van der Waals surface area contributed by atoms with Crippen molar-refractivity contribution in [1.29, 1.82) is 0 Å². The van der Waals surface area contributed by atoms with Gasteiger partial charge in [0.15, 0.2) is 5.75 Å². The molecule has 0 fully saturated rings. The van der Waals surface area contributed by atoms with Gasteiger partial charge in [-0.1, -0.05) is 23.8 Å². The van der Waals surface area contributed by atoms with Crippen LogP contribution in [0.5, 0.6) is 5.75 Å². The molecule has 1 aromatic carbocycles. The molecule has 0 aliphatic carbocycles. The van der Waals surface area contributed by atoms with Gasteiger partial charge in [-0.05, 0) is 19.4 Å². The number of alkyl halides is 3. The maximum absolute atomic E-state index is 14.9. The van der Waals surface area contributed by atoms with E-state index in [9.17, 15) is 31.9 Å². The van der Waals surface area contributed by atoms with Gasteiger partial charge in [-0.2, -0.15) is 13.2 Å². The number of hydrogen-bond donors (Lipinski definition) is 1. The van der Waals surface area contributed by atoms with Gasteiger partial charge in [0, 0.05) is 25.7 Å². The lowest BCUT2D eigenvalue weighted by Crippen LogP contribution is -2.41. The molecule has 2 aromatic rings. The number of carbonyl (C=O) groups excluding carboxylic acids is 1. The standard InChI is InChI=1S/C18H16ClF4N3O4/c1-8(2)5-9-14(11(20)6-10(19)15(9)30-16(28)24-3)26-13(27)7-12(18(21,22)23)25(4)17(26)29/h6-7H,1,5H2,2-4H3,(H,24,28). The third-order valence-electron chi connectivity index (χ3n) is 3.97. The normalized spacial score (nSPS) is 11.3. The maximum atomic E-state index is 14.9. The highest BCUT2D eigenvalue weighted by Gasteiger charge is 2.35. The Morgan fingerprint density at radius 3 is 2.40 bits per heavy atom. The molecule has 0 saturated heterocycles. The summed E-state index contributed by atoms with van der Waals surface area (Å²) in [6.07, 6.45) is -6.17. The fraction of sp³-hybridized carbons (Fsp3) is 0.278. The third kappa shape index (κ3) is 4.40. The number of carbonyl (C=O) groups is 1. The SMILES string of the molecule is C=C(C)Cc1c(OC(=O)NC)c(Cl)cc(F)c1-n1c(=O)cc(C(F)(F)F)n(C)c1=O. The Hall–Kier alpha value is -3.08. The number of nitrogens with zero attached hydrogens (tertiary/aromatic N) is 2. The largest absolute Gasteiger partial charge is 0.431 e.